The molecule has 0 aliphatic rings. The maximum Gasteiger partial charge on any atom is 0.328 e. The normalized spacial score (nSPS) is 11.8. The fourth-order valence-corrected chi connectivity index (χ4v) is 1.73. The summed E-state index contributed by atoms with van der Waals surface area (Å²) in [5, 5.41) is 9.48. The summed E-state index contributed by atoms with van der Waals surface area (Å²) >= 11 is 0. The first-order chi connectivity index (χ1) is 8.47. The van der Waals surface area contributed by atoms with Crippen LogP contribution in [-0.2, 0) is 4.79 Å². The highest BCUT2D eigenvalue weighted by molar-refractivity contribution is 5.97. The maximum atomic E-state index is 11.2. The van der Waals surface area contributed by atoms with E-state index in [9.17, 15) is 9.59 Å². The molecule has 1 heterocycles. The van der Waals surface area contributed by atoms with Gasteiger partial charge in [0.2, 0.25) is 0 Å². The summed E-state index contributed by atoms with van der Waals surface area (Å²) in [4.78, 5) is 21.8. The Morgan fingerprint density at radius 3 is 2.56 bits per heavy atom. The lowest BCUT2D eigenvalue weighted by molar-refractivity contribution is -0.131. The zero-order valence-electron chi connectivity index (χ0n) is 10.1. The topological polar surface area (TPSA) is 67.5 Å². The standard InChI is InChI=1S/C14H12O4/c1-8(5-14(16)17)10-3-4-12-11(6-10)7-13(18-12)9(2)15/h3-7H,1-2H3,(H,16,17)/b8-5-. The molecule has 18 heavy (non-hydrogen) atoms. The Balaban J connectivity index is 2.50. The number of hydrogen-bond acceptors (Lipinski definition) is 3. The molecule has 92 valence electrons. The Morgan fingerprint density at radius 2 is 1.94 bits per heavy atom. The minimum Gasteiger partial charge on any atom is -0.478 e. The molecule has 0 saturated heterocycles. The van der Waals surface area contributed by atoms with E-state index in [1.807, 2.05) is 0 Å². The van der Waals surface area contributed by atoms with Crippen molar-refractivity contribution >= 4 is 28.3 Å². The molecule has 2 rings (SSSR count). The van der Waals surface area contributed by atoms with Crippen molar-refractivity contribution in [3.05, 3.63) is 41.7 Å². The van der Waals surface area contributed by atoms with Gasteiger partial charge in [-0.1, -0.05) is 6.07 Å². The van der Waals surface area contributed by atoms with Crippen LogP contribution >= 0.6 is 0 Å². The van der Waals surface area contributed by atoms with Gasteiger partial charge in [0.25, 0.3) is 0 Å². The molecule has 0 aliphatic carbocycles. The molecule has 0 spiro atoms. The van der Waals surface area contributed by atoms with Gasteiger partial charge in [0.15, 0.2) is 11.5 Å². The first-order valence-electron chi connectivity index (χ1n) is 5.43. The van der Waals surface area contributed by atoms with Crippen molar-refractivity contribution in [3.63, 3.8) is 0 Å². The molecular weight excluding hydrogens is 232 g/mol. The van der Waals surface area contributed by atoms with Gasteiger partial charge in [-0.25, -0.2) is 4.79 Å². The third-order valence-electron chi connectivity index (χ3n) is 2.66. The van der Waals surface area contributed by atoms with Gasteiger partial charge in [0.05, 0.1) is 0 Å². The lowest BCUT2D eigenvalue weighted by atomic mass is 10.1. The average Bonchev–Trinajstić information content (AvgIpc) is 2.70. The fraction of sp³-hybridized carbons (Fsp3) is 0.143. The van der Waals surface area contributed by atoms with Gasteiger partial charge in [-0.3, -0.25) is 4.79 Å². The lowest BCUT2D eigenvalue weighted by Crippen LogP contribution is -1.89. The SMILES string of the molecule is CC(=O)c1cc2cc(/C(C)=C\C(=O)O)ccc2o1. The number of carbonyl (C=O) groups excluding carboxylic acids is 1. The number of benzene rings is 1. The number of hydrogen-bond donors (Lipinski definition) is 1. The minimum atomic E-state index is -0.982. The molecule has 0 aliphatic heterocycles. The van der Waals surface area contributed by atoms with Crippen LogP contribution in [0.2, 0.25) is 0 Å². The van der Waals surface area contributed by atoms with Crippen LogP contribution in [0.5, 0.6) is 0 Å². The summed E-state index contributed by atoms with van der Waals surface area (Å²) < 4.78 is 5.36. The predicted octanol–water partition coefficient (Wildman–Crippen LogP) is 3.12. The van der Waals surface area contributed by atoms with Crippen molar-refractivity contribution in [2.24, 2.45) is 0 Å². The molecule has 0 radical (unpaired) electrons. The van der Waals surface area contributed by atoms with E-state index in [0.29, 0.717) is 16.9 Å². The summed E-state index contributed by atoms with van der Waals surface area (Å²) in [6.45, 7) is 3.16. The summed E-state index contributed by atoms with van der Waals surface area (Å²) in [5.74, 6) is -0.809. The number of ketones is 1. The molecule has 0 bridgehead atoms. The molecule has 1 N–H and O–H groups in total. The number of carbonyl (C=O) groups is 2. The second-order valence-electron chi connectivity index (χ2n) is 4.09. The third kappa shape index (κ3) is 2.32. The van der Waals surface area contributed by atoms with E-state index in [0.717, 1.165) is 17.0 Å². The average molecular weight is 244 g/mol. The highest BCUT2D eigenvalue weighted by Crippen LogP contribution is 2.24. The summed E-state index contributed by atoms with van der Waals surface area (Å²) in [5.41, 5.74) is 2.06. The second-order valence-corrected chi connectivity index (χ2v) is 4.09. The van der Waals surface area contributed by atoms with E-state index >= 15 is 0 Å². The molecular formula is C14H12O4. The van der Waals surface area contributed by atoms with Crippen molar-refractivity contribution in [1.29, 1.82) is 0 Å². The zero-order chi connectivity index (χ0) is 13.3. The van der Waals surface area contributed by atoms with E-state index in [1.54, 1.807) is 31.2 Å². The lowest BCUT2D eigenvalue weighted by Gasteiger charge is -1.99. The van der Waals surface area contributed by atoms with E-state index in [1.165, 1.54) is 6.92 Å². The van der Waals surface area contributed by atoms with Gasteiger partial charge < -0.3 is 9.52 Å². The number of Topliss-reactive ketones (excluding diaryl/α,β-unsaturated/α-hetero) is 1. The number of fused-ring (bicyclic) bond motifs is 1. The number of furan rings is 1. The van der Waals surface area contributed by atoms with Crippen LogP contribution in [0.25, 0.3) is 16.5 Å². The molecule has 0 fully saturated rings. The molecule has 0 atom stereocenters. The quantitative estimate of drug-likeness (QED) is 0.665. The number of rotatable bonds is 3. The molecule has 0 amide bonds. The van der Waals surface area contributed by atoms with Crippen LogP contribution in [0, 0.1) is 0 Å². The highest BCUT2D eigenvalue weighted by Gasteiger charge is 2.08. The Morgan fingerprint density at radius 1 is 1.22 bits per heavy atom. The van der Waals surface area contributed by atoms with E-state index in [2.05, 4.69) is 0 Å². The Hall–Kier alpha value is -2.36. The first kappa shape index (κ1) is 12.1. The smallest absolute Gasteiger partial charge is 0.328 e. The third-order valence-corrected chi connectivity index (χ3v) is 2.66. The monoisotopic (exact) mass is 244 g/mol. The van der Waals surface area contributed by atoms with Gasteiger partial charge in [-0.15, -0.1) is 0 Å². The van der Waals surface area contributed by atoms with Crippen molar-refractivity contribution in [1.82, 2.24) is 0 Å². The summed E-state index contributed by atoms with van der Waals surface area (Å²) in [6, 6.07) is 6.97. The van der Waals surface area contributed by atoms with Gasteiger partial charge in [0.1, 0.15) is 5.58 Å². The number of aliphatic carboxylic acids is 1. The minimum absolute atomic E-state index is 0.134. The highest BCUT2D eigenvalue weighted by atomic mass is 16.4. The van der Waals surface area contributed by atoms with Crippen LogP contribution in [0.15, 0.2) is 34.8 Å². The number of allylic oxidation sites excluding steroid dienone is 1. The fourth-order valence-electron chi connectivity index (χ4n) is 1.73. The van der Waals surface area contributed by atoms with Crippen LogP contribution in [0.3, 0.4) is 0 Å². The first-order valence-corrected chi connectivity index (χ1v) is 5.43. The molecule has 1 aromatic heterocycles. The van der Waals surface area contributed by atoms with Gasteiger partial charge in [0, 0.05) is 18.4 Å². The molecule has 4 heteroatoms. The van der Waals surface area contributed by atoms with Crippen molar-refractivity contribution in [2.75, 3.05) is 0 Å². The van der Waals surface area contributed by atoms with Crippen LogP contribution in [-0.4, -0.2) is 16.9 Å². The number of carboxylic acids is 1. The molecule has 0 unspecified atom stereocenters. The Labute approximate surface area is 104 Å². The Bertz CT molecular complexity index is 661. The largest absolute Gasteiger partial charge is 0.478 e. The molecule has 0 saturated carbocycles. The molecule has 4 nitrogen and oxygen atoms in total. The molecule has 2 aromatic rings. The van der Waals surface area contributed by atoms with Crippen LogP contribution in [0.1, 0.15) is 30.0 Å². The number of carboxylic acid groups (broad SMARTS) is 1. The van der Waals surface area contributed by atoms with E-state index in [-0.39, 0.29) is 5.78 Å². The Kier molecular flexibility index (Phi) is 3.02. The zero-order valence-corrected chi connectivity index (χ0v) is 10.1. The van der Waals surface area contributed by atoms with Crippen LogP contribution in [0.4, 0.5) is 0 Å². The van der Waals surface area contributed by atoms with E-state index in [4.69, 9.17) is 9.52 Å². The van der Waals surface area contributed by atoms with Gasteiger partial charge in [-0.05, 0) is 36.3 Å². The summed E-state index contributed by atoms with van der Waals surface area (Å²) in [7, 11) is 0. The maximum absolute atomic E-state index is 11.2. The molecule has 1 aromatic carbocycles. The van der Waals surface area contributed by atoms with Gasteiger partial charge in [-0.2, -0.15) is 0 Å². The summed E-state index contributed by atoms with van der Waals surface area (Å²) in [6.07, 6.45) is 1.15. The van der Waals surface area contributed by atoms with Crippen molar-refractivity contribution in [3.8, 4) is 0 Å². The van der Waals surface area contributed by atoms with Gasteiger partial charge >= 0.3 is 5.97 Å². The van der Waals surface area contributed by atoms with E-state index < -0.39 is 5.97 Å². The predicted molar refractivity (Wildman–Crippen MR) is 67.5 cm³/mol. The van der Waals surface area contributed by atoms with Crippen molar-refractivity contribution < 1.29 is 19.1 Å². The van der Waals surface area contributed by atoms with Crippen molar-refractivity contribution in [2.45, 2.75) is 13.8 Å². The second kappa shape index (κ2) is 4.49. The van der Waals surface area contributed by atoms with Crippen LogP contribution < -0.4 is 0 Å².